The van der Waals surface area contributed by atoms with E-state index >= 15 is 0 Å². The minimum absolute atomic E-state index is 0. The van der Waals surface area contributed by atoms with Crippen molar-refractivity contribution in [2.75, 3.05) is 0 Å². The summed E-state index contributed by atoms with van der Waals surface area (Å²) < 4.78 is 0. The topological polar surface area (TPSA) is 31.2 Å². The second-order valence-electron chi connectivity index (χ2n) is 1.74. The zero-order valence-corrected chi connectivity index (χ0v) is 9.77. The second-order valence-corrected chi connectivity index (χ2v) is 1.74. The van der Waals surface area contributed by atoms with Gasteiger partial charge in [-0.1, -0.05) is 13.8 Å². The van der Waals surface area contributed by atoms with Crippen LogP contribution in [-0.2, 0) is 25.9 Å². The van der Waals surface area contributed by atoms with Crippen LogP contribution in [0.5, 0.6) is 0 Å². The molecule has 0 saturated carbocycles. The summed E-state index contributed by atoms with van der Waals surface area (Å²) in [4.78, 5) is 10.1. The average Bonchev–Trinajstić information content (AvgIpc) is 1.27. The molecule has 56 valence electrons. The molecule has 0 aliphatic carbocycles. The van der Waals surface area contributed by atoms with E-state index in [1.54, 1.807) is 0 Å². The van der Waals surface area contributed by atoms with Gasteiger partial charge >= 0.3 is 0 Å². The van der Waals surface area contributed by atoms with Gasteiger partial charge in [0.15, 0.2) is 0 Å². The third kappa shape index (κ3) is 17.7. The molecule has 0 N–H and O–H groups in total. The summed E-state index contributed by atoms with van der Waals surface area (Å²) in [6.45, 7) is 5.21. The maximum atomic E-state index is 10.1. The van der Waals surface area contributed by atoms with E-state index in [2.05, 4.69) is 5.32 Å². The van der Waals surface area contributed by atoms with E-state index in [0.29, 0.717) is 0 Å². The van der Waals surface area contributed by atoms with Gasteiger partial charge in [-0.05, 0) is 6.92 Å². The molecule has 0 aromatic rings. The van der Waals surface area contributed by atoms with Crippen LogP contribution in [0.25, 0.3) is 5.32 Å². The van der Waals surface area contributed by atoms with Crippen LogP contribution >= 0.6 is 13.5 Å². The summed E-state index contributed by atoms with van der Waals surface area (Å²) in [5, 5.41) is 3.64. The quantitative estimate of drug-likeness (QED) is 0.719. The number of carbonyl (C=O) groups is 1. The molecular formula is C5H12NOSW-. The van der Waals surface area contributed by atoms with Crippen LogP contribution in [0.2, 0.25) is 0 Å². The molecule has 1 amide bonds. The molecule has 9 heavy (non-hydrogen) atoms. The number of rotatable bonds is 1. The minimum Gasteiger partial charge on any atom is -0.651 e. The number of amides is 1. The molecule has 0 radical (unpaired) electrons. The predicted octanol–water partition coefficient (Wildman–Crippen LogP) is 1.43. The fraction of sp³-hybridized carbons (Fsp3) is 0.800. The van der Waals surface area contributed by atoms with Crippen molar-refractivity contribution in [1.82, 2.24) is 0 Å². The number of hydrogen-bond donors (Lipinski definition) is 0. The van der Waals surface area contributed by atoms with Crippen molar-refractivity contribution in [2.45, 2.75) is 26.8 Å². The van der Waals surface area contributed by atoms with Crippen LogP contribution in [0, 0.1) is 0 Å². The summed E-state index contributed by atoms with van der Waals surface area (Å²) in [5.41, 5.74) is 0. The minimum atomic E-state index is -0.0880. The smallest absolute Gasteiger partial charge is 0.0481 e. The van der Waals surface area contributed by atoms with Gasteiger partial charge in [-0.25, -0.2) is 0 Å². The first-order valence-electron chi connectivity index (χ1n) is 2.34. The molecule has 0 saturated heterocycles. The maximum absolute atomic E-state index is 10.1. The van der Waals surface area contributed by atoms with Crippen LogP contribution < -0.4 is 0 Å². The van der Waals surface area contributed by atoms with E-state index in [9.17, 15) is 4.79 Å². The number of hydrogen-bond acceptors (Lipinski definition) is 1. The Bertz CT molecular complexity index is 77.4. The van der Waals surface area contributed by atoms with Gasteiger partial charge in [0.2, 0.25) is 0 Å². The van der Waals surface area contributed by atoms with Crippen molar-refractivity contribution in [1.29, 1.82) is 0 Å². The molecule has 0 heterocycles. The Hall–Kier alpha value is 0.508. The van der Waals surface area contributed by atoms with Gasteiger partial charge in [0.05, 0.1) is 0 Å². The van der Waals surface area contributed by atoms with E-state index in [-0.39, 0.29) is 46.5 Å². The van der Waals surface area contributed by atoms with Gasteiger partial charge in [0.1, 0.15) is 0 Å². The maximum Gasteiger partial charge on any atom is 0.0481 e. The van der Waals surface area contributed by atoms with Crippen molar-refractivity contribution in [3.05, 3.63) is 5.32 Å². The van der Waals surface area contributed by atoms with Gasteiger partial charge in [-0.3, -0.25) is 0 Å². The third-order valence-corrected chi connectivity index (χ3v) is 0.440. The first-order chi connectivity index (χ1) is 3.13. The second kappa shape index (κ2) is 8.51. The van der Waals surface area contributed by atoms with Crippen LogP contribution in [0.4, 0.5) is 0 Å². The largest absolute Gasteiger partial charge is 0.651 e. The van der Waals surface area contributed by atoms with E-state index in [1.165, 1.54) is 6.92 Å². The molecule has 0 aromatic heterocycles. The van der Waals surface area contributed by atoms with Gasteiger partial charge in [-0.2, -0.15) is 13.5 Å². The molecule has 0 bridgehead atoms. The molecule has 0 rings (SSSR count). The van der Waals surface area contributed by atoms with Crippen molar-refractivity contribution in [2.24, 2.45) is 0 Å². The molecule has 0 spiro atoms. The van der Waals surface area contributed by atoms with Crippen molar-refractivity contribution in [3.8, 4) is 0 Å². The Balaban J connectivity index is -0.000000180. The Kier molecular flexibility index (Phi) is 15.4. The molecule has 0 unspecified atom stereocenters. The number of carbonyl (C=O) groups excluding carboxylic acids is 1. The molecule has 0 aromatic carbocycles. The molecule has 0 atom stereocenters. The molecule has 0 aliphatic heterocycles. The number of nitrogens with zero attached hydrogens (tertiary/aromatic N) is 1. The normalized spacial score (nSPS) is 7.11. The Morgan fingerprint density at radius 2 is 1.78 bits per heavy atom. The van der Waals surface area contributed by atoms with Crippen molar-refractivity contribution < 1.29 is 25.9 Å². The monoisotopic (exact) mass is 318 g/mol. The summed E-state index contributed by atoms with van der Waals surface area (Å²) in [7, 11) is 0. The van der Waals surface area contributed by atoms with E-state index < -0.39 is 0 Å². The third-order valence-electron chi connectivity index (χ3n) is 0.440. The molecular weight excluding hydrogens is 306 g/mol. The Morgan fingerprint density at radius 1 is 1.44 bits per heavy atom. The summed E-state index contributed by atoms with van der Waals surface area (Å²) in [5.74, 6) is -0.0880. The Labute approximate surface area is 77.5 Å². The molecule has 2 nitrogen and oxygen atoms in total. The van der Waals surface area contributed by atoms with Gasteiger partial charge in [-0.15, -0.1) is 6.04 Å². The van der Waals surface area contributed by atoms with E-state index in [0.717, 1.165) is 0 Å². The van der Waals surface area contributed by atoms with Gasteiger partial charge < -0.3 is 10.1 Å². The van der Waals surface area contributed by atoms with Gasteiger partial charge in [0.25, 0.3) is 0 Å². The van der Waals surface area contributed by atoms with Crippen LogP contribution in [-0.4, -0.2) is 11.9 Å². The van der Waals surface area contributed by atoms with Crippen molar-refractivity contribution >= 4 is 19.4 Å². The molecule has 0 fully saturated rings. The van der Waals surface area contributed by atoms with E-state index in [1.807, 2.05) is 13.8 Å². The standard InChI is InChI=1S/C5H11NO.H2S.W/c1-4(2)6-5(3)7;;/h4H,1-3H3,(H,6,7);1H2;/p-1. The van der Waals surface area contributed by atoms with Gasteiger partial charge in [0, 0.05) is 27.0 Å². The Morgan fingerprint density at radius 3 is 1.78 bits per heavy atom. The zero-order valence-electron chi connectivity index (χ0n) is 5.84. The summed E-state index contributed by atoms with van der Waals surface area (Å²) in [6.07, 6.45) is 0. The average molecular weight is 318 g/mol. The summed E-state index contributed by atoms with van der Waals surface area (Å²) in [6, 6.07) is 0.150. The van der Waals surface area contributed by atoms with Crippen LogP contribution in [0.1, 0.15) is 20.8 Å². The van der Waals surface area contributed by atoms with Crippen LogP contribution in [0.3, 0.4) is 0 Å². The van der Waals surface area contributed by atoms with Crippen molar-refractivity contribution in [3.63, 3.8) is 0 Å². The fourth-order valence-electron chi connectivity index (χ4n) is 0.364. The van der Waals surface area contributed by atoms with Crippen LogP contribution in [0.15, 0.2) is 0 Å². The molecule has 0 aliphatic rings. The zero-order chi connectivity index (χ0) is 5.86. The molecule has 4 heteroatoms. The summed E-state index contributed by atoms with van der Waals surface area (Å²) >= 11 is 0. The first kappa shape index (κ1) is 16.3. The first-order valence-corrected chi connectivity index (χ1v) is 2.34. The fourth-order valence-corrected chi connectivity index (χ4v) is 0.364. The van der Waals surface area contributed by atoms with E-state index in [4.69, 9.17) is 0 Å². The SMILES string of the molecule is CC(=O)[N-]C(C)C.S.[W]. The predicted molar refractivity (Wildman–Crippen MR) is 39.6 cm³/mol.